The predicted octanol–water partition coefficient (Wildman–Crippen LogP) is 3.47. The van der Waals surface area contributed by atoms with Crippen LogP contribution in [0.25, 0.3) is 0 Å². The van der Waals surface area contributed by atoms with Crippen molar-refractivity contribution in [2.75, 3.05) is 13.7 Å². The van der Waals surface area contributed by atoms with Crippen LogP contribution in [-0.2, 0) is 11.3 Å². The van der Waals surface area contributed by atoms with Crippen LogP contribution < -0.4 is 0 Å². The molecule has 2 heterocycles. The number of unbranched alkanes of at least 4 members (excludes halogenated alkanes) is 1. The van der Waals surface area contributed by atoms with E-state index in [1.807, 2.05) is 17.0 Å². The van der Waals surface area contributed by atoms with Crippen LogP contribution in [0.15, 0.2) is 24.3 Å². The topological polar surface area (TPSA) is 29.5 Å². The SMILES string of the molecule is CCCC[C@@H]1C=CCN1C(=O)c1ccc(COC)s1. The van der Waals surface area contributed by atoms with Gasteiger partial charge in [-0.3, -0.25) is 4.79 Å². The number of hydrogen-bond acceptors (Lipinski definition) is 3. The number of hydrogen-bond donors (Lipinski definition) is 0. The maximum absolute atomic E-state index is 12.5. The Hall–Kier alpha value is -1.13. The molecule has 1 aliphatic heterocycles. The van der Waals surface area contributed by atoms with Gasteiger partial charge in [-0.2, -0.15) is 0 Å². The molecule has 0 aliphatic carbocycles. The van der Waals surface area contributed by atoms with Crippen LogP contribution in [0, 0.1) is 0 Å². The van der Waals surface area contributed by atoms with Crippen molar-refractivity contribution in [3.05, 3.63) is 34.0 Å². The standard InChI is InChI=1S/C15H21NO2S/c1-3-4-6-12-7-5-10-16(12)15(17)14-9-8-13(19-14)11-18-2/h5,7-9,12H,3-4,6,10-11H2,1-2H3/t12-/m1/s1. The highest BCUT2D eigenvalue weighted by atomic mass is 32.1. The molecule has 1 atom stereocenters. The third kappa shape index (κ3) is 3.45. The van der Waals surface area contributed by atoms with Crippen molar-refractivity contribution in [1.29, 1.82) is 0 Å². The first kappa shape index (κ1) is 14.3. The zero-order valence-corrected chi connectivity index (χ0v) is 12.4. The molecule has 0 bridgehead atoms. The van der Waals surface area contributed by atoms with Gasteiger partial charge in [0.2, 0.25) is 0 Å². The van der Waals surface area contributed by atoms with Gasteiger partial charge in [0.15, 0.2) is 0 Å². The van der Waals surface area contributed by atoms with Crippen LogP contribution in [0.3, 0.4) is 0 Å². The normalized spacial score (nSPS) is 18.2. The molecule has 3 nitrogen and oxygen atoms in total. The number of amides is 1. The number of methoxy groups -OCH3 is 1. The third-order valence-electron chi connectivity index (χ3n) is 3.33. The van der Waals surface area contributed by atoms with Crippen LogP contribution in [0.4, 0.5) is 0 Å². The smallest absolute Gasteiger partial charge is 0.264 e. The third-order valence-corrected chi connectivity index (χ3v) is 4.38. The molecule has 19 heavy (non-hydrogen) atoms. The summed E-state index contributed by atoms with van der Waals surface area (Å²) in [6, 6.07) is 4.17. The van der Waals surface area contributed by atoms with Crippen molar-refractivity contribution in [3.63, 3.8) is 0 Å². The Bertz CT molecular complexity index is 453. The lowest BCUT2D eigenvalue weighted by Crippen LogP contribution is -2.35. The number of rotatable bonds is 6. The van der Waals surface area contributed by atoms with Gasteiger partial charge in [-0.05, 0) is 18.6 Å². The molecule has 0 fully saturated rings. The van der Waals surface area contributed by atoms with E-state index in [2.05, 4.69) is 19.1 Å². The van der Waals surface area contributed by atoms with Crippen LogP contribution in [0.1, 0.15) is 40.7 Å². The molecule has 1 aromatic rings. The first-order chi connectivity index (χ1) is 9.26. The highest BCUT2D eigenvalue weighted by Crippen LogP contribution is 2.23. The van der Waals surface area contributed by atoms with Gasteiger partial charge in [-0.1, -0.05) is 31.9 Å². The Morgan fingerprint density at radius 1 is 1.53 bits per heavy atom. The van der Waals surface area contributed by atoms with E-state index in [4.69, 9.17) is 4.74 Å². The van der Waals surface area contributed by atoms with Crippen molar-refractivity contribution in [2.45, 2.75) is 38.8 Å². The van der Waals surface area contributed by atoms with Gasteiger partial charge in [0.05, 0.1) is 17.5 Å². The van der Waals surface area contributed by atoms with Gasteiger partial charge in [-0.25, -0.2) is 0 Å². The molecule has 0 aromatic carbocycles. The van der Waals surface area contributed by atoms with Gasteiger partial charge in [-0.15, -0.1) is 11.3 Å². The summed E-state index contributed by atoms with van der Waals surface area (Å²) in [7, 11) is 1.67. The lowest BCUT2D eigenvalue weighted by atomic mass is 10.1. The highest BCUT2D eigenvalue weighted by Gasteiger charge is 2.26. The van der Waals surface area contributed by atoms with E-state index in [0.717, 1.165) is 29.1 Å². The second-order valence-electron chi connectivity index (χ2n) is 4.79. The monoisotopic (exact) mass is 279 g/mol. The van der Waals surface area contributed by atoms with Crippen LogP contribution >= 0.6 is 11.3 Å². The number of ether oxygens (including phenoxy) is 1. The van der Waals surface area contributed by atoms with Gasteiger partial charge < -0.3 is 9.64 Å². The van der Waals surface area contributed by atoms with Crippen molar-refractivity contribution in [1.82, 2.24) is 4.90 Å². The summed E-state index contributed by atoms with van der Waals surface area (Å²) in [5.74, 6) is 0.151. The van der Waals surface area contributed by atoms with Gasteiger partial charge in [0, 0.05) is 18.5 Å². The molecule has 0 unspecified atom stereocenters. The van der Waals surface area contributed by atoms with Crippen molar-refractivity contribution in [2.24, 2.45) is 0 Å². The molecule has 1 aliphatic rings. The van der Waals surface area contributed by atoms with E-state index in [0.29, 0.717) is 6.61 Å². The molecular weight excluding hydrogens is 258 g/mol. The number of carbonyl (C=O) groups is 1. The molecule has 0 spiro atoms. The molecule has 0 radical (unpaired) electrons. The fourth-order valence-corrected chi connectivity index (χ4v) is 3.26. The molecule has 2 rings (SSSR count). The molecule has 0 saturated heterocycles. The summed E-state index contributed by atoms with van der Waals surface area (Å²) >= 11 is 1.53. The quantitative estimate of drug-likeness (QED) is 0.746. The summed E-state index contributed by atoms with van der Waals surface area (Å²) in [6.07, 6.45) is 7.66. The van der Waals surface area contributed by atoms with E-state index in [1.54, 1.807) is 7.11 Å². The first-order valence-corrected chi connectivity index (χ1v) is 7.63. The molecule has 104 valence electrons. The fourth-order valence-electron chi connectivity index (χ4n) is 2.32. The summed E-state index contributed by atoms with van der Waals surface area (Å²) in [6.45, 7) is 3.50. The molecule has 0 saturated carbocycles. The zero-order chi connectivity index (χ0) is 13.7. The number of nitrogens with zero attached hydrogens (tertiary/aromatic N) is 1. The van der Waals surface area contributed by atoms with E-state index in [-0.39, 0.29) is 11.9 Å². The minimum absolute atomic E-state index is 0.151. The first-order valence-electron chi connectivity index (χ1n) is 6.81. The Labute approximate surface area is 118 Å². The summed E-state index contributed by atoms with van der Waals surface area (Å²) < 4.78 is 5.09. The summed E-state index contributed by atoms with van der Waals surface area (Å²) in [4.78, 5) is 16.4. The maximum Gasteiger partial charge on any atom is 0.264 e. The van der Waals surface area contributed by atoms with Crippen molar-refractivity contribution < 1.29 is 9.53 Å². The second-order valence-corrected chi connectivity index (χ2v) is 5.96. The van der Waals surface area contributed by atoms with Gasteiger partial charge >= 0.3 is 0 Å². The lowest BCUT2D eigenvalue weighted by molar-refractivity contribution is 0.0748. The zero-order valence-electron chi connectivity index (χ0n) is 11.6. The average Bonchev–Trinajstić information content (AvgIpc) is 3.04. The van der Waals surface area contributed by atoms with Crippen LogP contribution in [0.2, 0.25) is 0 Å². The van der Waals surface area contributed by atoms with E-state index >= 15 is 0 Å². The highest BCUT2D eigenvalue weighted by molar-refractivity contribution is 7.14. The van der Waals surface area contributed by atoms with E-state index in [1.165, 1.54) is 17.8 Å². The van der Waals surface area contributed by atoms with Crippen LogP contribution in [0.5, 0.6) is 0 Å². The predicted molar refractivity (Wildman–Crippen MR) is 78.5 cm³/mol. The fraction of sp³-hybridized carbons (Fsp3) is 0.533. The Morgan fingerprint density at radius 2 is 2.37 bits per heavy atom. The summed E-state index contributed by atoms with van der Waals surface area (Å²) in [5, 5.41) is 0. The molecule has 1 amide bonds. The van der Waals surface area contributed by atoms with Crippen molar-refractivity contribution in [3.8, 4) is 0 Å². The minimum Gasteiger partial charge on any atom is -0.379 e. The van der Waals surface area contributed by atoms with Gasteiger partial charge in [0.25, 0.3) is 5.91 Å². The average molecular weight is 279 g/mol. The van der Waals surface area contributed by atoms with Crippen LogP contribution in [-0.4, -0.2) is 30.5 Å². The Morgan fingerprint density at radius 3 is 3.11 bits per heavy atom. The second kappa shape index (κ2) is 6.87. The Kier molecular flexibility index (Phi) is 5.16. The molecule has 4 heteroatoms. The molecule has 0 N–H and O–H groups in total. The molecular formula is C15H21NO2S. The minimum atomic E-state index is 0.151. The van der Waals surface area contributed by atoms with E-state index in [9.17, 15) is 4.79 Å². The molecule has 1 aromatic heterocycles. The maximum atomic E-state index is 12.5. The van der Waals surface area contributed by atoms with Crippen molar-refractivity contribution >= 4 is 17.2 Å². The van der Waals surface area contributed by atoms with E-state index < -0.39 is 0 Å². The largest absolute Gasteiger partial charge is 0.379 e. The summed E-state index contributed by atoms with van der Waals surface area (Å²) in [5.41, 5.74) is 0. The number of carbonyl (C=O) groups excluding carboxylic acids is 1. The van der Waals surface area contributed by atoms with Gasteiger partial charge in [0.1, 0.15) is 0 Å². The number of thiophene rings is 1. The Balaban J connectivity index is 2.01. The lowest BCUT2D eigenvalue weighted by Gasteiger charge is -2.24.